The first-order valence-corrected chi connectivity index (χ1v) is 7.26. The van der Waals surface area contributed by atoms with Crippen LogP contribution < -0.4 is 0 Å². The molecule has 0 saturated carbocycles. The van der Waals surface area contributed by atoms with Gasteiger partial charge in [0.1, 0.15) is 6.54 Å². The summed E-state index contributed by atoms with van der Waals surface area (Å²) in [7, 11) is 0. The molecule has 4 unspecified atom stereocenters. The number of benzene rings is 1. The van der Waals surface area contributed by atoms with Crippen LogP contribution in [0.3, 0.4) is 0 Å². The molecule has 3 aliphatic heterocycles. The lowest BCUT2D eigenvalue weighted by atomic mass is 9.73. The summed E-state index contributed by atoms with van der Waals surface area (Å²) in [5.74, 6) is 1.66. The SMILES string of the molecule is C=CC1C[N+]2(Cc3ccccc3)CCC1CC2C. The van der Waals surface area contributed by atoms with Crippen molar-refractivity contribution in [1.82, 2.24) is 0 Å². The van der Waals surface area contributed by atoms with E-state index in [0.29, 0.717) is 0 Å². The van der Waals surface area contributed by atoms with Crippen LogP contribution in [0.4, 0.5) is 0 Å². The lowest BCUT2D eigenvalue weighted by Crippen LogP contribution is -2.65. The smallest absolute Gasteiger partial charge is 0.105 e. The van der Waals surface area contributed by atoms with Gasteiger partial charge in [-0.2, -0.15) is 0 Å². The maximum Gasteiger partial charge on any atom is 0.105 e. The van der Waals surface area contributed by atoms with E-state index in [0.717, 1.165) is 17.9 Å². The number of hydrogen-bond acceptors (Lipinski definition) is 0. The number of nitrogens with zero attached hydrogens (tertiary/aromatic N) is 1. The van der Waals surface area contributed by atoms with Gasteiger partial charge in [0, 0.05) is 24.3 Å². The Bertz CT molecular complexity index is 424. The molecule has 3 saturated heterocycles. The van der Waals surface area contributed by atoms with Crippen molar-refractivity contribution in [2.24, 2.45) is 11.8 Å². The van der Waals surface area contributed by atoms with Gasteiger partial charge in [-0.05, 0) is 12.8 Å². The topological polar surface area (TPSA) is 0 Å². The third-order valence-corrected chi connectivity index (χ3v) is 5.35. The predicted octanol–water partition coefficient (Wildman–Crippen LogP) is 3.62. The van der Waals surface area contributed by atoms with Crippen molar-refractivity contribution in [3.05, 3.63) is 48.6 Å². The minimum atomic E-state index is 0.749. The maximum atomic E-state index is 4.06. The number of fused-ring (bicyclic) bond motifs is 3. The molecule has 0 aromatic heterocycles. The second-order valence-electron chi connectivity index (χ2n) is 6.30. The van der Waals surface area contributed by atoms with Crippen LogP contribution in [0.2, 0.25) is 0 Å². The molecule has 96 valence electrons. The Balaban J connectivity index is 1.85. The Kier molecular flexibility index (Phi) is 3.03. The molecule has 3 aliphatic rings. The molecule has 4 atom stereocenters. The van der Waals surface area contributed by atoms with Crippen molar-refractivity contribution in [1.29, 1.82) is 0 Å². The number of piperidine rings is 3. The normalized spacial score (nSPS) is 38.6. The van der Waals surface area contributed by atoms with Crippen LogP contribution in [0.1, 0.15) is 25.3 Å². The molecule has 1 nitrogen and oxygen atoms in total. The van der Waals surface area contributed by atoms with E-state index in [4.69, 9.17) is 0 Å². The molecule has 0 amide bonds. The molecule has 0 radical (unpaired) electrons. The lowest BCUT2D eigenvalue weighted by molar-refractivity contribution is -0.979. The highest BCUT2D eigenvalue weighted by atomic mass is 15.4. The van der Waals surface area contributed by atoms with Gasteiger partial charge in [0.15, 0.2) is 0 Å². The molecule has 3 heterocycles. The summed E-state index contributed by atoms with van der Waals surface area (Å²) >= 11 is 0. The van der Waals surface area contributed by atoms with E-state index in [1.165, 1.54) is 42.5 Å². The highest BCUT2D eigenvalue weighted by Gasteiger charge is 2.48. The quantitative estimate of drug-likeness (QED) is 0.561. The van der Waals surface area contributed by atoms with Gasteiger partial charge >= 0.3 is 0 Å². The Labute approximate surface area is 111 Å². The Morgan fingerprint density at radius 3 is 2.78 bits per heavy atom. The second-order valence-corrected chi connectivity index (χ2v) is 6.30. The molecule has 18 heavy (non-hydrogen) atoms. The van der Waals surface area contributed by atoms with Crippen molar-refractivity contribution in [2.75, 3.05) is 13.1 Å². The molecular weight excluding hydrogens is 218 g/mol. The van der Waals surface area contributed by atoms with E-state index >= 15 is 0 Å². The van der Waals surface area contributed by atoms with Gasteiger partial charge < -0.3 is 4.48 Å². The third-order valence-electron chi connectivity index (χ3n) is 5.35. The first kappa shape index (κ1) is 12.0. The largest absolute Gasteiger partial charge is 0.317 e. The maximum absolute atomic E-state index is 4.06. The Morgan fingerprint density at radius 2 is 2.11 bits per heavy atom. The Hall–Kier alpha value is -1.08. The molecule has 0 N–H and O–H groups in total. The predicted molar refractivity (Wildman–Crippen MR) is 76.0 cm³/mol. The molecule has 0 aliphatic carbocycles. The van der Waals surface area contributed by atoms with E-state index in [9.17, 15) is 0 Å². The van der Waals surface area contributed by atoms with Gasteiger partial charge in [-0.3, -0.25) is 0 Å². The number of rotatable bonds is 3. The van der Waals surface area contributed by atoms with Gasteiger partial charge in [0.25, 0.3) is 0 Å². The van der Waals surface area contributed by atoms with Crippen LogP contribution in [0.25, 0.3) is 0 Å². The average Bonchev–Trinajstić information content (AvgIpc) is 2.41. The van der Waals surface area contributed by atoms with Crippen LogP contribution in [0.5, 0.6) is 0 Å². The minimum Gasteiger partial charge on any atom is -0.317 e. The summed E-state index contributed by atoms with van der Waals surface area (Å²) in [6.45, 7) is 10.4. The van der Waals surface area contributed by atoms with Gasteiger partial charge in [0.2, 0.25) is 0 Å². The zero-order chi connectivity index (χ0) is 12.6. The van der Waals surface area contributed by atoms with Gasteiger partial charge in [-0.25, -0.2) is 0 Å². The van der Waals surface area contributed by atoms with Crippen LogP contribution in [0.15, 0.2) is 43.0 Å². The van der Waals surface area contributed by atoms with Crippen LogP contribution in [0, 0.1) is 11.8 Å². The average molecular weight is 242 g/mol. The van der Waals surface area contributed by atoms with E-state index < -0.39 is 0 Å². The fourth-order valence-corrected chi connectivity index (χ4v) is 4.17. The van der Waals surface area contributed by atoms with Gasteiger partial charge in [-0.15, -0.1) is 6.58 Å². The van der Waals surface area contributed by atoms with Crippen molar-refractivity contribution in [2.45, 2.75) is 32.4 Å². The molecule has 0 spiro atoms. The van der Waals surface area contributed by atoms with E-state index in [1.54, 1.807) is 0 Å². The van der Waals surface area contributed by atoms with Crippen LogP contribution in [-0.4, -0.2) is 23.6 Å². The summed E-state index contributed by atoms with van der Waals surface area (Å²) in [6, 6.07) is 11.8. The van der Waals surface area contributed by atoms with Crippen molar-refractivity contribution >= 4 is 0 Å². The lowest BCUT2D eigenvalue weighted by Gasteiger charge is -2.56. The van der Waals surface area contributed by atoms with Crippen LogP contribution in [-0.2, 0) is 6.54 Å². The van der Waals surface area contributed by atoms with Crippen LogP contribution >= 0.6 is 0 Å². The number of hydrogen-bond donors (Lipinski definition) is 0. The standard InChI is InChI=1S/C17H24N/c1-3-16-13-18(10-9-17(16)11-14(18)2)12-15-7-5-4-6-8-15/h3-8,14,16-17H,1,9-13H2,2H3/q+1. The highest BCUT2D eigenvalue weighted by molar-refractivity contribution is 5.13. The summed E-state index contributed by atoms with van der Waals surface area (Å²) in [4.78, 5) is 0. The summed E-state index contributed by atoms with van der Waals surface area (Å²) in [5, 5.41) is 0. The summed E-state index contributed by atoms with van der Waals surface area (Å²) < 4.78 is 1.29. The van der Waals surface area contributed by atoms with E-state index in [1.807, 2.05) is 0 Å². The second kappa shape index (κ2) is 4.55. The molecule has 2 bridgehead atoms. The monoisotopic (exact) mass is 242 g/mol. The van der Waals surface area contributed by atoms with Crippen molar-refractivity contribution < 1.29 is 4.48 Å². The van der Waals surface area contributed by atoms with Crippen molar-refractivity contribution in [3.8, 4) is 0 Å². The molecule has 1 aromatic rings. The molecular formula is C17H24N+. The Morgan fingerprint density at radius 1 is 1.33 bits per heavy atom. The zero-order valence-corrected chi connectivity index (χ0v) is 11.4. The van der Waals surface area contributed by atoms with Crippen molar-refractivity contribution in [3.63, 3.8) is 0 Å². The molecule has 3 fully saturated rings. The number of quaternary nitrogens is 1. The fraction of sp³-hybridized carbons (Fsp3) is 0.529. The van der Waals surface area contributed by atoms with Gasteiger partial charge in [0.05, 0.1) is 19.1 Å². The molecule has 1 heteroatoms. The van der Waals surface area contributed by atoms with Gasteiger partial charge in [-0.1, -0.05) is 36.4 Å². The zero-order valence-electron chi connectivity index (χ0n) is 11.4. The van der Waals surface area contributed by atoms with E-state index in [2.05, 4.69) is 49.9 Å². The summed E-state index contributed by atoms with van der Waals surface area (Å²) in [5.41, 5.74) is 1.49. The highest BCUT2D eigenvalue weighted by Crippen LogP contribution is 2.43. The minimum absolute atomic E-state index is 0.749. The first-order valence-electron chi connectivity index (χ1n) is 7.26. The fourth-order valence-electron chi connectivity index (χ4n) is 4.17. The third kappa shape index (κ3) is 1.91. The molecule has 1 aromatic carbocycles. The first-order chi connectivity index (χ1) is 8.73. The molecule has 4 rings (SSSR count). The summed E-state index contributed by atoms with van der Waals surface area (Å²) in [6.07, 6.45) is 5.01. The van der Waals surface area contributed by atoms with E-state index in [-0.39, 0.29) is 0 Å².